The molecule has 36 heavy (non-hydrogen) atoms. The van der Waals surface area contributed by atoms with Crippen LogP contribution in [0, 0.1) is 13.8 Å². The van der Waals surface area contributed by atoms with Crippen molar-refractivity contribution in [1.82, 2.24) is 15.7 Å². The molecule has 1 aliphatic heterocycles. The van der Waals surface area contributed by atoms with Crippen LogP contribution >= 0.6 is 11.8 Å². The van der Waals surface area contributed by atoms with Gasteiger partial charge in [-0.1, -0.05) is 59.8 Å². The number of aromatic nitrogens is 2. The highest BCUT2D eigenvalue weighted by molar-refractivity contribution is 7.99. The molecule has 184 valence electrons. The Balaban J connectivity index is 1.54. The van der Waals surface area contributed by atoms with E-state index in [-0.39, 0.29) is 6.04 Å². The second-order valence-corrected chi connectivity index (χ2v) is 9.77. The van der Waals surface area contributed by atoms with Crippen LogP contribution in [0.2, 0.25) is 0 Å². The molecule has 0 aliphatic carbocycles. The van der Waals surface area contributed by atoms with E-state index >= 15 is 0 Å². The Morgan fingerprint density at radius 1 is 1.00 bits per heavy atom. The molecule has 0 bridgehead atoms. The maximum atomic E-state index is 13.3. The minimum Gasteiger partial charge on any atom is -0.272 e. The molecule has 0 radical (unpaired) electrons. The molecule has 0 saturated heterocycles. The number of fused-ring (bicyclic) bond motifs is 1. The molecule has 1 N–H and O–H groups in total. The fourth-order valence-electron chi connectivity index (χ4n) is 4.19. The van der Waals surface area contributed by atoms with E-state index in [9.17, 15) is 13.2 Å². The summed E-state index contributed by atoms with van der Waals surface area (Å²) in [4.78, 5) is 11.1. The van der Waals surface area contributed by atoms with Crippen LogP contribution in [-0.2, 0) is 17.4 Å². The molecule has 0 saturated carbocycles. The first-order valence-electron chi connectivity index (χ1n) is 11.4. The van der Waals surface area contributed by atoms with Crippen LogP contribution in [0.5, 0.6) is 0 Å². The van der Waals surface area contributed by atoms with Gasteiger partial charge in [0, 0.05) is 10.3 Å². The normalized spacial score (nSPS) is 16.0. The zero-order valence-corrected chi connectivity index (χ0v) is 20.5. The number of halogens is 3. The SMILES string of the molecule is Cc1ccc(C[C@@H]2CONC(c3c(Sc4cccc(C(F)(F)F)c4)nnc4ccccc34)=N2)c(C)c1. The van der Waals surface area contributed by atoms with Gasteiger partial charge in [0.05, 0.1) is 29.3 Å². The van der Waals surface area contributed by atoms with E-state index in [0.717, 1.165) is 29.3 Å². The second-order valence-electron chi connectivity index (χ2n) is 8.70. The van der Waals surface area contributed by atoms with Gasteiger partial charge in [0.15, 0.2) is 5.84 Å². The lowest BCUT2D eigenvalue weighted by atomic mass is 9.99. The van der Waals surface area contributed by atoms with Crippen molar-refractivity contribution >= 4 is 28.5 Å². The minimum absolute atomic E-state index is 0.138. The number of nitrogens with zero attached hydrogens (tertiary/aromatic N) is 3. The number of hydrogen-bond donors (Lipinski definition) is 1. The van der Waals surface area contributed by atoms with E-state index < -0.39 is 11.7 Å². The van der Waals surface area contributed by atoms with Gasteiger partial charge in [-0.05, 0) is 55.7 Å². The molecule has 0 amide bonds. The smallest absolute Gasteiger partial charge is 0.272 e. The van der Waals surface area contributed by atoms with Crippen LogP contribution in [0.15, 0.2) is 81.6 Å². The van der Waals surface area contributed by atoms with Gasteiger partial charge >= 0.3 is 6.18 Å². The van der Waals surface area contributed by atoms with Crippen molar-refractivity contribution in [2.75, 3.05) is 6.61 Å². The standard InChI is InChI=1S/C27H23F3N4OS/c1-16-10-11-18(17(2)12-16)13-20-15-35-34-25(31-20)24-22-8-3-4-9-23(22)32-33-26(24)36-21-7-5-6-19(14-21)27(28,29)30/h3-12,14,20H,13,15H2,1-2H3,(H,31,34)/t20-/m1/s1. The minimum atomic E-state index is -4.43. The Morgan fingerprint density at radius 2 is 1.83 bits per heavy atom. The van der Waals surface area contributed by atoms with Crippen LogP contribution in [-0.4, -0.2) is 28.7 Å². The molecule has 1 aromatic heterocycles. The van der Waals surface area contributed by atoms with Gasteiger partial charge in [-0.25, -0.2) is 5.48 Å². The van der Waals surface area contributed by atoms with Gasteiger partial charge in [-0.2, -0.15) is 13.2 Å². The van der Waals surface area contributed by atoms with E-state index in [2.05, 4.69) is 47.7 Å². The summed E-state index contributed by atoms with van der Waals surface area (Å²) in [6.07, 6.45) is -3.73. The third kappa shape index (κ3) is 5.22. The highest BCUT2D eigenvalue weighted by Crippen LogP contribution is 2.36. The van der Waals surface area contributed by atoms with E-state index in [1.807, 2.05) is 24.3 Å². The van der Waals surface area contributed by atoms with Crippen molar-refractivity contribution < 1.29 is 18.0 Å². The maximum absolute atomic E-state index is 13.3. The molecule has 0 spiro atoms. The van der Waals surface area contributed by atoms with Crippen molar-refractivity contribution in [2.45, 2.75) is 42.4 Å². The van der Waals surface area contributed by atoms with Gasteiger partial charge in [0.2, 0.25) is 0 Å². The van der Waals surface area contributed by atoms with Crippen LogP contribution in [0.25, 0.3) is 10.9 Å². The molecule has 5 nitrogen and oxygen atoms in total. The molecule has 4 aromatic rings. The highest BCUT2D eigenvalue weighted by Gasteiger charge is 2.31. The largest absolute Gasteiger partial charge is 0.416 e. The lowest BCUT2D eigenvalue weighted by Gasteiger charge is -2.24. The first kappa shape index (κ1) is 24.3. The summed E-state index contributed by atoms with van der Waals surface area (Å²) >= 11 is 1.11. The van der Waals surface area contributed by atoms with Crippen molar-refractivity contribution in [3.63, 3.8) is 0 Å². The molecular formula is C27H23F3N4OS. The van der Waals surface area contributed by atoms with Gasteiger partial charge in [0.25, 0.3) is 0 Å². The van der Waals surface area contributed by atoms with E-state index in [0.29, 0.717) is 39.9 Å². The van der Waals surface area contributed by atoms with Crippen LogP contribution in [0.1, 0.15) is 27.8 Å². The van der Waals surface area contributed by atoms with Crippen LogP contribution < -0.4 is 5.48 Å². The number of alkyl halides is 3. The number of aryl methyl sites for hydroxylation is 2. The van der Waals surface area contributed by atoms with Crippen molar-refractivity contribution in [1.29, 1.82) is 0 Å². The molecule has 9 heteroatoms. The molecule has 5 rings (SSSR count). The van der Waals surface area contributed by atoms with Gasteiger partial charge in [-0.15, -0.1) is 10.2 Å². The molecule has 0 unspecified atom stereocenters. The number of hydroxylamine groups is 1. The molecule has 1 atom stereocenters. The monoisotopic (exact) mass is 508 g/mol. The van der Waals surface area contributed by atoms with Crippen LogP contribution in [0.3, 0.4) is 0 Å². The highest BCUT2D eigenvalue weighted by atomic mass is 32.2. The molecule has 1 aliphatic rings. The van der Waals surface area contributed by atoms with Gasteiger partial charge in [0.1, 0.15) is 5.03 Å². The van der Waals surface area contributed by atoms with E-state index in [4.69, 9.17) is 9.83 Å². The quantitative estimate of drug-likeness (QED) is 0.342. The zero-order chi connectivity index (χ0) is 25.3. The number of amidine groups is 1. The number of benzene rings is 3. The van der Waals surface area contributed by atoms with Gasteiger partial charge < -0.3 is 0 Å². The average molecular weight is 509 g/mol. The number of nitrogens with one attached hydrogen (secondary N) is 1. The average Bonchev–Trinajstić information content (AvgIpc) is 2.85. The Bertz CT molecular complexity index is 1450. The first-order valence-corrected chi connectivity index (χ1v) is 12.2. The molecule has 0 fully saturated rings. The Morgan fingerprint density at radius 3 is 2.64 bits per heavy atom. The molecule has 2 heterocycles. The molecular weight excluding hydrogens is 485 g/mol. The second kappa shape index (κ2) is 9.91. The topological polar surface area (TPSA) is 59.4 Å². The summed E-state index contributed by atoms with van der Waals surface area (Å²) in [7, 11) is 0. The Labute approximate surface area is 210 Å². The van der Waals surface area contributed by atoms with Gasteiger partial charge in [-0.3, -0.25) is 9.83 Å². The summed E-state index contributed by atoms with van der Waals surface area (Å²) in [6, 6.07) is 18.8. The Kier molecular flexibility index (Phi) is 6.68. The zero-order valence-electron chi connectivity index (χ0n) is 19.6. The third-order valence-corrected chi connectivity index (χ3v) is 6.93. The summed E-state index contributed by atoms with van der Waals surface area (Å²) in [6.45, 7) is 4.54. The van der Waals surface area contributed by atoms with Crippen molar-refractivity contribution in [3.8, 4) is 0 Å². The summed E-state index contributed by atoms with van der Waals surface area (Å²) in [5.74, 6) is 0.483. The summed E-state index contributed by atoms with van der Waals surface area (Å²) in [5, 5.41) is 9.87. The lowest BCUT2D eigenvalue weighted by molar-refractivity contribution is -0.137. The summed E-state index contributed by atoms with van der Waals surface area (Å²) in [5.41, 5.74) is 7.09. The fourth-order valence-corrected chi connectivity index (χ4v) is 5.13. The third-order valence-electron chi connectivity index (χ3n) is 5.96. The van der Waals surface area contributed by atoms with E-state index in [1.165, 1.54) is 22.8 Å². The fraction of sp³-hybridized carbons (Fsp3) is 0.222. The predicted molar refractivity (Wildman–Crippen MR) is 134 cm³/mol. The first-order chi connectivity index (χ1) is 17.3. The van der Waals surface area contributed by atoms with Crippen LogP contribution in [0.4, 0.5) is 13.2 Å². The van der Waals surface area contributed by atoms with Crippen molar-refractivity contribution in [3.05, 3.63) is 94.5 Å². The lowest BCUT2D eigenvalue weighted by Crippen LogP contribution is -2.37. The van der Waals surface area contributed by atoms with Crippen molar-refractivity contribution in [2.24, 2.45) is 4.99 Å². The number of hydrogen-bond acceptors (Lipinski definition) is 6. The molecule has 3 aromatic carbocycles. The number of rotatable bonds is 5. The Hall–Kier alpha value is -3.43. The number of aliphatic imine (C=N–C) groups is 1. The summed E-state index contributed by atoms with van der Waals surface area (Å²) < 4.78 is 39.8. The predicted octanol–water partition coefficient (Wildman–Crippen LogP) is 6.31. The maximum Gasteiger partial charge on any atom is 0.416 e. The van der Waals surface area contributed by atoms with E-state index in [1.54, 1.807) is 6.07 Å².